The van der Waals surface area contributed by atoms with E-state index in [0.717, 1.165) is 18.4 Å². The third-order valence-electron chi connectivity index (χ3n) is 4.68. The standard InChI is InChI=1S/C18H21NO3/c1-22-18(21)15-4-2-3-12(9-15)7-8-19-17(20)16-11-13-5-6-14(16)10-13/h2-6,9,13-14,16H,7-8,10-11H2,1H3,(H,19,20)/t13-,14-,16+/m0/s1. The summed E-state index contributed by atoms with van der Waals surface area (Å²) in [6.45, 7) is 0.598. The van der Waals surface area contributed by atoms with Crippen molar-refractivity contribution in [3.05, 3.63) is 47.5 Å². The number of benzene rings is 1. The molecular weight excluding hydrogens is 278 g/mol. The van der Waals surface area contributed by atoms with Crippen LogP contribution >= 0.6 is 0 Å². The number of hydrogen-bond acceptors (Lipinski definition) is 3. The Morgan fingerprint density at radius 2 is 2.14 bits per heavy atom. The molecular formula is C18H21NO3. The van der Waals surface area contributed by atoms with Crippen LogP contribution in [0.5, 0.6) is 0 Å². The fraction of sp³-hybridized carbons (Fsp3) is 0.444. The van der Waals surface area contributed by atoms with E-state index in [4.69, 9.17) is 4.74 Å². The first-order chi connectivity index (χ1) is 10.7. The van der Waals surface area contributed by atoms with Crippen molar-refractivity contribution in [3.8, 4) is 0 Å². The van der Waals surface area contributed by atoms with Gasteiger partial charge in [0.15, 0.2) is 0 Å². The van der Waals surface area contributed by atoms with Crippen LogP contribution in [-0.2, 0) is 16.0 Å². The van der Waals surface area contributed by atoms with Crippen LogP contribution < -0.4 is 5.32 Å². The van der Waals surface area contributed by atoms with Crippen LogP contribution in [0.25, 0.3) is 0 Å². The molecule has 0 aliphatic heterocycles. The lowest BCUT2D eigenvalue weighted by atomic mass is 9.93. The second-order valence-corrected chi connectivity index (χ2v) is 6.12. The van der Waals surface area contributed by atoms with E-state index in [2.05, 4.69) is 17.5 Å². The van der Waals surface area contributed by atoms with Crippen LogP contribution in [0.1, 0.15) is 28.8 Å². The van der Waals surface area contributed by atoms with E-state index < -0.39 is 0 Å². The summed E-state index contributed by atoms with van der Waals surface area (Å²) in [5.41, 5.74) is 1.57. The molecule has 116 valence electrons. The molecule has 3 atom stereocenters. The van der Waals surface area contributed by atoms with Gasteiger partial charge in [0.1, 0.15) is 0 Å². The molecule has 1 saturated carbocycles. The van der Waals surface area contributed by atoms with Gasteiger partial charge in [0, 0.05) is 12.5 Å². The average molecular weight is 299 g/mol. The fourth-order valence-electron chi connectivity index (χ4n) is 3.51. The maximum absolute atomic E-state index is 12.2. The lowest BCUT2D eigenvalue weighted by Crippen LogP contribution is -2.34. The van der Waals surface area contributed by atoms with Gasteiger partial charge in [-0.2, -0.15) is 0 Å². The first kappa shape index (κ1) is 14.8. The van der Waals surface area contributed by atoms with Gasteiger partial charge in [-0.25, -0.2) is 4.79 Å². The van der Waals surface area contributed by atoms with Gasteiger partial charge in [0.05, 0.1) is 12.7 Å². The number of nitrogens with one attached hydrogen (secondary N) is 1. The zero-order valence-electron chi connectivity index (χ0n) is 12.7. The van der Waals surface area contributed by atoms with Gasteiger partial charge in [0.25, 0.3) is 0 Å². The number of carbonyl (C=O) groups is 2. The molecule has 1 amide bonds. The molecule has 2 bridgehead atoms. The third-order valence-corrected chi connectivity index (χ3v) is 4.68. The van der Waals surface area contributed by atoms with Gasteiger partial charge >= 0.3 is 5.97 Å². The minimum atomic E-state index is -0.334. The first-order valence-electron chi connectivity index (χ1n) is 7.80. The van der Waals surface area contributed by atoms with Crippen LogP contribution in [0.3, 0.4) is 0 Å². The fourth-order valence-corrected chi connectivity index (χ4v) is 3.51. The summed E-state index contributed by atoms with van der Waals surface area (Å²) in [7, 11) is 1.37. The monoisotopic (exact) mass is 299 g/mol. The van der Waals surface area contributed by atoms with Crippen molar-refractivity contribution in [2.45, 2.75) is 19.3 Å². The predicted octanol–water partition coefficient (Wildman–Crippen LogP) is 2.34. The average Bonchev–Trinajstić information content (AvgIpc) is 3.17. The molecule has 1 N–H and O–H groups in total. The van der Waals surface area contributed by atoms with E-state index >= 15 is 0 Å². The highest BCUT2D eigenvalue weighted by Gasteiger charge is 2.39. The highest BCUT2D eigenvalue weighted by atomic mass is 16.5. The van der Waals surface area contributed by atoms with Gasteiger partial charge in [-0.05, 0) is 48.8 Å². The number of fused-ring (bicyclic) bond motifs is 2. The summed E-state index contributed by atoms with van der Waals surface area (Å²) < 4.78 is 4.71. The Morgan fingerprint density at radius 1 is 1.27 bits per heavy atom. The maximum Gasteiger partial charge on any atom is 0.337 e. The SMILES string of the molecule is COC(=O)c1cccc(CCNC(=O)[C@@H]2C[C@H]3C=C[C@H]2C3)c1. The van der Waals surface area contributed by atoms with Crippen molar-refractivity contribution in [2.24, 2.45) is 17.8 Å². The molecule has 0 aromatic heterocycles. The zero-order chi connectivity index (χ0) is 15.5. The van der Waals surface area contributed by atoms with E-state index in [9.17, 15) is 9.59 Å². The highest BCUT2D eigenvalue weighted by Crippen LogP contribution is 2.43. The summed E-state index contributed by atoms with van der Waals surface area (Å²) in [5.74, 6) is 1.03. The molecule has 2 aliphatic carbocycles. The smallest absolute Gasteiger partial charge is 0.337 e. The minimum Gasteiger partial charge on any atom is -0.465 e. The Morgan fingerprint density at radius 3 is 2.82 bits per heavy atom. The number of rotatable bonds is 5. The highest BCUT2D eigenvalue weighted by molar-refractivity contribution is 5.89. The molecule has 4 heteroatoms. The number of allylic oxidation sites excluding steroid dienone is 2. The van der Waals surface area contributed by atoms with Crippen LogP contribution in [-0.4, -0.2) is 25.5 Å². The lowest BCUT2D eigenvalue weighted by molar-refractivity contribution is -0.125. The predicted molar refractivity (Wildman–Crippen MR) is 83.3 cm³/mol. The molecule has 2 aliphatic rings. The molecule has 4 nitrogen and oxygen atoms in total. The molecule has 1 aromatic rings. The van der Waals surface area contributed by atoms with E-state index in [-0.39, 0.29) is 17.8 Å². The topological polar surface area (TPSA) is 55.4 Å². The Labute approximate surface area is 130 Å². The van der Waals surface area contributed by atoms with E-state index in [1.807, 2.05) is 18.2 Å². The summed E-state index contributed by atoms with van der Waals surface area (Å²) in [6.07, 6.45) is 7.28. The number of amides is 1. The molecule has 1 aromatic carbocycles. The van der Waals surface area contributed by atoms with Crippen molar-refractivity contribution in [1.29, 1.82) is 0 Å². The lowest BCUT2D eigenvalue weighted by Gasteiger charge is -2.17. The zero-order valence-corrected chi connectivity index (χ0v) is 12.7. The van der Waals surface area contributed by atoms with Crippen LogP contribution in [0.4, 0.5) is 0 Å². The number of methoxy groups -OCH3 is 1. The Hall–Kier alpha value is -2.10. The molecule has 3 rings (SSSR count). The van der Waals surface area contributed by atoms with Gasteiger partial charge < -0.3 is 10.1 Å². The minimum absolute atomic E-state index is 0.149. The van der Waals surface area contributed by atoms with Crippen molar-refractivity contribution in [1.82, 2.24) is 5.32 Å². The molecule has 0 saturated heterocycles. The molecule has 1 fully saturated rings. The number of hydrogen-bond donors (Lipinski definition) is 1. The second kappa shape index (κ2) is 6.34. The van der Waals surface area contributed by atoms with Gasteiger partial charge in [-0.1, -0.05) is 24.3 Å². The summed E-state index contributed by atoms with van der Waals surface area (Å²) in [5, 5.41) is 3.03. The normalized spacial score (nSPS) is 25.2. The second-order valence-electron chi connectivity index (χ2n) is 6.12. The largest absolute Gasteiger partial charge is 0.465 e. The molecule has 0 heterocycles. The molecule has 0 unspecified atom stereocenters. The molecule has 22 heavy (non-hydrogen) atoms. The molecule has 0 radical (unpaired) electrons. The third kappa shape index (κ3) is 3.06. The van der Waals surface area contributed by atoms with E-state index in [1.54, 1.807) is 6.07 Å². The van der Waals surface area contributed by atoms with Crippen molar-refractivity contribution in [3.63, 3.8) is 0 Å². The van der Waals surface area contributed by atoms with Crippen LogP contribution in [0.2, 0.25) is 0 Å². The Balaban J connectivity index is 1.50. The number of esters is 1. The van der Waals surface area contributed by atoms with Gasteiger partial charge in [0.2, 0.25) is 5.91 Å². The van der Waals surface area contributed by atoms with Gasteiger partial charge in [-0.15, -0.1) is 0 Å². The van der Waals surface area contributed by atoms with Crippen molar-refractivity contribution < 1.29 is 14.3 Å². The number of ether oxygens (including phenoxy) is 1. The number of carbonyl (C=O) groups excluding carboxylic acids is 2. The Kier molecular flexibility index (Phi) is 4.27. The van der Waals surface area contributed by atoms with Crippen LogP contribution in [0.15, 0.2) is 36.4 Å². The summed E-state index contributed by atoms with van der Waals surface area (Å²) in [6, 6.07) is 7.34. The summed E-state index contributed by atoms with van der Waals surface area (Å²) in [4.78, 5) is 23.7. The first-order valence-corrected chi connectivity index (χ1v) is 7.80. The van der Waals surface area contributed by atoms with E-state index in [0.29, 0.717) is 30.4 Å². The van der Waals surface area contributed by atoms with Crippen LogP contribution in [0, 0.1) is 17.8 Å². The Bertz CT molecular complexity index is 608. The molecule has 0 spiro atoms. The van der Waals surface area contributed by atoms with Crippen molar-refractivity contribution >= 4 is 11.9 Å². The van der Waals surface area contributed by atoms with Gasteiger partial charge in [-0.3, -0.25) is 4.79 Å². The maximum atomic E-state index is 12.2. The van der Waals surface area contributed by atoms with Crippen molar-refractivity contribution in [2.75, 3.05) is 13.7 Å². The quantitative estimate of drug-likeness (QED) is 0.670. The van der Waals surface area contributed by atoms with E-state index in [1.165, 1.54) is 7.11 Å². The summed E-state index contributed by atoms with van der Waals surface area (Å²) >= 11 is 0.